The fraction of sp³-hybridized carbons (Fsp3) is 0.500. The molecule has 86 valence electrons. The largest absolute Gasteiger partial charge is 0.314 e. The van der Waals surface area contributed by atoms with Crippen LogP contribution in [-0.2, 0) is 6.42 Å². The van der Waals surface area contributed by atoms with E-state index in [0.29, 0.717) is 6.04 Å². The molecule has 0 spiro atoms. The molecular formula is C14H19NO. The Balaban J connectivity index is 2.10. The van der Waals surface area contributed by atoms with E-state index in [1.807, 2.05) is 13.0 Å². The Morgan fingerprint density at radius 1 is 1.44 bits per heavy atom. The van der Waals surface area contributed by atoms with Crippen molar-refractivity contribution in [3.63, 3.8) is 0 Å². The second-order valence-electron chi connectivity index (χ2n) is 4.67. The molecule has 1 heterocycles. The van der Waals surface area contributed by atoms with Crippen LogP contribution in [0.3, 0.4) is 0 Å². The van der Waals surface area contributed by atoms with E-state index in [-0.39, 0.29) is 0 Å². The molecule has 16 heavy (non-hydrogen) atoms. The molecule has 1 aromatic rings. The van der Waals surface area contributed by atoms with Gasteiger partial charge in [0.25, 0.3) is 0 Å². The van der Waals surface area contributed by atoms with Gasteiger partial charge in [-0.1, -0.05) is 24.1 Å². The first kappa shape index (κ1) is 11.3. The zero-order chi connectivity index (χ0) is 11.4. The number of nitrogens with one attached hydrogen (secondary N) is 1. The van der Waals surface area contributed by atoms with Gasteiger partial charge in [-0.3, -0.25) is 4.79 Å². The molecule has 0 aromatic heterocycles. The van der Waals surface area contributed by atoms with Gasteiger partial charge < -0.3 is 5.32 Å². The van der Waals surface area contributed by atoms with Crippen molar-refractivity contribution in [3.8, 4) is 0 Å². The lowest BCUT2D eigenvalue weighted by Gasteiger charge is -2.24. The van der Waals surface area contributed by atoms with E-state index in [4.69, 9.17) is 0 Å². The van der Waals surface area contributed by atoms with Crippen LogP contribution in [0.1, 0.15) is 40.7 Å². The molecule has 1 atom stereocenters. The fourth-order valence-corrected chi connectivity index (χ4v) is 2.37. The quantitative estimate of drug-likeness (QED) is 0.788. The summed E-state index contributed by atoms with van der Waals surface area (Å²) >= 11 is 0. The van der Waals surface area contributed by atoms with E-state index >= 15 is 0 Å². The molecule has 2 heteroatoms. The molecular weight excluding hydrogens is 198 g/mol. The molecule has 2 rings (SSSR count). The third-order valence-corrected chi connectivity index (χ3v) is 3.31. The fourth-order valence-electron chi connectivity index (χ4n) is 2.37. The third kappa shape index (κ3) is 2.70. The second kappa shape index (κ2) is 5.26. The van der Waals surface area contributed by atoms with Crippen molar-refractivity contribution in [1.29, 1.82) is 0 Å². The average molecular weight is 217 g/mol. The van der Waals surface area contributed by atoms with Crippen LogP contribution in [0.5, 0.6) is 0 Å². The molecule has 0 amide bonds. The highest BCUT2D eigenvalue weighted by Crippen LogP contribution is 2.16. The highest BCUT2D eigenvalue weighted by molar-refractivity contribution is 5.77. The van der Waals surface area contributed by atoms with E-state index in [0.717, 1.165) is 30.4 Å². The molecule has 2 nitrogen and oxygen atoms in total. The minimum atomic E-state index is 0.551. The van der Waals surface area contributed by atoms with Gasteiger partial charge in [0, 0.05) is 11.6 Å². The van der Waals surface area contributed by atoms with E-state index < -0.39 is 0 Å². The van der Waals surface area contributed by atoms with Gasteiger partial charge in [0.05, 0.1) is 0 Å². The molecule has 1 fully saturated rings. The predicted molar refractivity (Wildman–Crippen MR) is 65.9 cm³/mol. The first-order chi connectivity index (χ1) is 7.79. The smallest absolute Gasteiger partial charge is 0.150 e. The Morgan fingerprint density at radius 3 is 3.00 bits per heavy atom. The molecule has 1 aromatic carbocycles. The van der Waals surface area contributed by atoms with Crippen LogP contribution < -0.4 is 5.32 Å². The summed E-state index contributed by atoms with van der Waals surface area (Å²) in [5, 5.41) is 3.52. The van der Waals surface area contributed by atoms with E-state index in [1.165, 1.54) is 24.8 Å². The number of aldehydes is 1. The summed E-state index contributed by atoms with van der Waals surface area (Å²) in [6.07, 6.45) is 5.77. The normalized spacial score (nSPS) is 20.7. The lowest BCUT2D eigenvalue weighted by atomic mass is 9.94. The summed E-state index contributed by atoms with van der Waals surface area (Å²) in [7, 11) is 0. The van der Waals surface area contributed by atoms with Crippen LogP contribution in [0, 0.1) is 6.92 Å². The Bertz CT molecular complexity index is 367. The van der Waals surface area contributed by atoms with Crippen LogP contribution >= 0.6 is 0 Å². The second-order valence-corrected chi connectivity index (χ2v) is 4.67. The molecule has 0 aliphatic carbocycles. The van der Waals surface area contributed by atoms with Gasteiger partial charge in [0.15, 0.2) is 0 Å². The zero-order valence-electron chi connectivity index (χ0n) is 9.83. The average Bonchev–Trinajstić information content (AvgIpc) is 2.33. The van der Waals surface area contributed by atoms with Crippen LogP contribution in [0.25, 0.3) is 0 Å². The maximum Gasteiger partial charge on any atom is 0.150 e. The van der Waals surface area contributed by atoms with Gasteiger partial charge in [-0.25, -0.2) is 0 Å². The predicted octanol–water partition coefficient (Wildman–Crippen LogP) is 2.49. The minimum Gasteiger partial charge on any atom is -0.314 e. The number of aryl methyl sites for hydroxylation is 1. The van der Waals surface area contributed by atoms with E-state index in [2.05, 4.69) is 17.4 Å². The van der Waals surface area contributed by atoms with Crippen LogP contribution in [0.4, 0.5) is 0 Å². The number of carbonyl (C=O) groups excluding carboxylic acids is 1. The van der Waals surface area contributed by atoms with Gasteiger partial charge in [0.1, 0.15) is 6.29 Å². The molecule has 1 saturated heterocycles. The van der Waals surface area contributed by atoms with Crippen LogP contribution in [0.15, 0.2) is 18.2 Å². The van der Waals surface area contributed by atoms with Crippen molar-refractivity contribution < 1.29 is 4.79 Å². The SMILES string of the molecule is Cc1ccc(CC2CCCCN2)c(C=O)c1. The molecule has 0 bridgehead atoms. The highest BCUT2D eigenvalue weighted by atomic mass is 16.1. The minimum absolute atomic E-state index is 0.551. The van der Waals surface area contributed by atoms with Crippen molar-refractivity contribution in [2.24, 2.45) is 0 Å². The zero-order valence-corrected chi connectivity index (χ0v) is 9.83. The molecule has 0 saturated carbocycles. The molecule has 1 aliphatic rings. The number of rotatable bonds is 3. The van der Waals surface area contributed by atoms with Gasteiger partial charge in [-0.05, 0) is 44.4 Å². The number of hydrogen-bond acceptors (Lipinski definition) is 2. The lowest BCUT2D eigenvalue weighted by Crippen LogP contribution is -2.35. The van der Waals surface area contributed by atoms with Gasteiger partial charge >= 0.3 is 0 Å². The summed E-state index contributed by atoms with van der Waals surface area (Å²) in [5.74, 6) is 0. The van der Waals surface area contributed by atoms with Crippen LogP contribution in [-0.4, -0.2) is 18.9 Å². The maximum absolute atomic E-state index is 11.0. The highest BCUT2D eigenvalue weighted by Gasteiger charge is 2.14. The van der Waals surface area contributed by atoms with E-state index in [9.17, 15) is 4.79 Å². The maximum atomic E-state index is 11.0. The Hall–Kier alpha value is -1.15. The lowest BCUT2D eigenvalue weighted by molar-refractivity contribution is 0.112. The monoisotopic (exact) mass is 217 g/mol. The third-order valence-electron chi connectivity index (χ3n) is 3.31. The summed E-state index contributed by atoms with van der Waals surface area (Å²) in [4.78, 5) is 11.0. The number of piperidine rings is 1. The van der Waals surface area contributed by atoms with E-state index in [1.54, 1.807) is 0 Å². The summed E-state index contributed by atoms with van der Waals surface area (Å²) in [5.41, 5.74) is 3.19. The Labute approximate surface area is 97.1 Å². The van der Waals surface area contributed by atoms with Crippen molar-refractivity contribution in [3.05, 3.63) is 34.9 Å². The van der Waals surface area contributed by atoms with Crippen molar-refractivity contribution in [1.82, 2.24) is 5.32 Å². The topological polar surface area (TPSA) is 29.1 Å². The summed E-state index contributed by atoms with van der Waals surface area (Å²) in [6.45, 7) is 3.14. The molecule has 1 unspecified atom stereocenters. The summed E-state index contributed by atoms with van der Waals surface area (Å²) in [6, 6.07) is 6.71. The first-order valence-corrected chi connectivity index (χ1v) is 6.07. The number of benzene rings is 1. The van der Waals surface area contributed by atoms with Crippen LogP contribution in [0.2, 0.25) is 0 Å². The van der Waals surface area contributed by atoms with Gasteiger partial charge in [-0.2, -0.15) is 0 Å². The first-order valence-electron chi connectivity index (χ1n) is 6.07. The van der Waals surface area contributed by atoms with Gasteiger partial charge in [0.2, 0.25) is 0 Å². The molecule has 0 radical (unpaired) electrons. The Morgan fingerprint density at radius 2 is 2.31 bits per heavy atom. The standard InChI is InChI=1S/C14H19NO/c1-11-5-6-12(13(8-11)10-16)9-14-4-2-3-7-15-14/h5-6,8,10,14-15H,2-4,7,9H2,1H3. The number of hydrogen-bond donors (Lipinski definition) is 1. The van der Waals surface area contributed by atoms with Gasteiger partial charge in [-0.15, -0.1) is 0 Å². The van der Waals surface area contributed by atoms with Crippen molar-refractivity contribution in [2.45, 2.75) is 38.6 Å². The van der Waals surface area contributed by atoms with Crippen molar-refractivity contribution in [2.75, 3.05) is 6.54 Å². The van der Waals surface area contributed by atoms with Crippen molar-refractivity contribution >= 4 is 6.29 Å². The number of carbonyl (C=O) groups is 1. The molecule has 1 N–H and O–H groups in total. The Kier molecular flexibility index (Phi) is 3.73. The summed E-state index contributed by atoms with van der Waals surface area (Å²) < 4.78 is 0. The molecule has 1 aliphatic heterocycles.